The zero-order valence-corrected chi connectivity index (χ0v) is 13.9. The zero-order valence-electron chi connectivity index (χ0n) is 12.3. The molecule has 22 heavy (non-hydrogen) atoms. The second-order valence-corrected chi connectivity index (χ2v) is 5.17. The Hall–Kier alpha value is -1.50. The maximum atomic E-state index is 12.1. The highest BCUT2D eigenvalue weighted by Crippen LogP contribution is 2.24. The summed E-state index contributed by atoms with van der Waals surface area (Å²) in [5.74, 6) is -0.224. The Bertz CT molecular complexity index is 540. The predicted octanol–water partition coefficient (Wildman–Crippen LogP) is 1.63. The molecular weight excluding hydrogens is 327 g/mol. The van der Waals surface area contributed by atoms with Gasteiger partial charge in [0, 0.05) is 25.3 Å². The summed E-state index contributed by atoms with van der Waals surface area (Å²) in [7, 11) is 1.86. The molecule has 0 spiro atoms. The molecule has 3 amide bonds. The number of anilines is 1. The van der Waals surface area contributed by atoms with Crippen LogP contribution in [0.3, 0.4) is 0 Å². The SMILES string of the molecule is CNCCCNC(=O)c1cc(N2CCNC2=O)ccc1Cl.Cl. The first kappa shape index (κ1) is 18.5. The van der Waals surface area contributed by atoms with Crippen LogP contribution in [0, 0.1) is 0 Å². The molecule has 122 valence electrons. The van der Waals surface area contributed by atoms with Gasteiger partial charge in [0.1, 0.15) is 0 Å². The minimum atomic E-state index is -0.224. The third kappa shape index (κ3) is 4.50. The molecule has 0 atom stereocenters. The normalized spacial score (nSPS) is 13.5. The molecule has 1 aromatic rings. The Balaban J connectivity index is 0.00000242. The number of benzene rings is 1. The Morgan fingerprint density at radius 3 is 2.82 bits per heavy atom. The molecule has 0 radical (unpaired) electrons. The summed E-state index contributed by atoms with van der Waals surface area (Å²) < 4.78 is 0. The second kappa shape index (κ2) is 8.82. The van der Waals surface area contributed by atoms with E-state index in [0.717, 1.165) is 13.0 Å². The summed E-state index contributed by atoms with van der Waals surface area (Å²) in [6.07, 6.45) is 0.841. The summed E-state index contributed by atoms with van der Waals surface area (Å²) in [6, 6.07) is 4.88. The van der Waals surface area contributed by atoms with Crippen molar-refractivity contribution in [1.29, 1.82) is 0 Å². The van der Waals surface area contributed by atoms with Gasteiger partial charge in [-0.3, -0.25) is 9.69 Å². The molecule has 0 saturated carbocycles. The maximum absolute atomic E-state index is 12.1. The van der Waals surface area contributed by atoms with Crippen LogP contribution in [-0.4, -0.2) is 45.2 Å². The van der Waals surface area contributed by atoms with Crippen LogP contribution in [-0.2, 0) is 0 Å². The predicted molar refractivity (Wildman–Crippen MR) is 90.3 cm³/mol. The number of carbonyl (C=O) groups is 2. The van der Waals surface area contributed by atoms with Crippen molar-refractivity contribution in [2.45, 2.75) is 6.42 Å². The highest BCUT2D eigenvalue weighted by atomic mass is 35.5. The van der Waals surface area contributed by atoms with Gasteiger partial charge in [-0.05, 0) is 38.2 Å². The first-order valence-corrected chi connectivity index (χ1v) is 7.29. The lowest BCUT2D eigenvalue weighted by Crippen LogP contribution is -2.29. The fraction of sp³-hybridized carbons (Fsp3) is 0.429. The van der Waals surface area contributed by atoms with Crippen molar-refractivity contribution in [2.75, 3.05) is 38.1 Å². The van der Waals surface area contributed by atoms with E-state index in [-0.39, 0.29) is 24.3 Å². The van der Waals surface area contributed by atoms with Crippen LogP contribution < -0.4 is 20.9 Å². The van der Waals surface area contributed by atoms with Gasteiger partial charge < -0.3 is 16.0 Å². The van der Waals surface area contributed by atoms with E-state index in [4.69, 9.17) is 11.6 Å². The maximum Gasteiger partial charge on any atom is 0.321 e. The summed E-state index contributed by atoms with van der Waals surface area (Å²) in [5.41, 5.74) is 1.06. The number of nitrogens with zero attached hydrogens (tertiary/aromatic N) is 1. The van der Waals surface area contributed by atoms with Crippen molar-refractivity contribution < 1.29 is 9.59 Å². The Kier molecular flexibility index (Phi) is 7.44. The number of carbonyl (C=O) groups excluding carboxylic acids is 2. The van der Waals surface area contributed by atoms with Crippen LogP contribution in [0.15, 0.2) is 18.2 Å². The number of hydrogen-bond acceptors (Lipinski definition) is 3. The molecular formula is C14H20Cl2N4O2. The van der Waals surface area contributed by atoms with Crippen molar-refractivity contribution in [3.8, 4) is 0 Å². The molecule has 0 aliphatic carbocycles. The monoisotopic (exact) mass is 346 g/mol. The van der Waals surface area contributed by atoms with Crippen molar-refractivity contribution >= 4 is 41.6 Å². The van der Waals surface area contributed by atoms with Crippen LogP contribution in [0.4, 0.5) is 10.5 Å². The van der Waals surface area contributed by atoms with Gasteiger partial charge >= 0.3 is 6.03 Å². The van der Waals surface area contributed by atoms with Gasteiger partial charge in [-0.25, -0.2) is 4.79 Å². The Morgan fingerprint density at radius 1 is 1.41 bits per heavy atom. The van der Waals surface area contributed by atoms with Crippen LogP contribution >= 0.6 is 24.0 Å². The Morgan fingerprint density at radius 2 is 2.18 bits per heavy atom. The number of rotatable bonds is 6. The van der Waals surface area contributed by atoms with E-state index >= 15 is 0 Å². The van der Waals surface area contributed by atoms with Gasteiger partial charge in [0.05, 0.1) is 10.6 Å². The van der Waals surface area contributed by atoms with Gasteiger partial charge in [-0.1, -0.05) is 11.6 Å². The number of amides is 3. The van der Waals surface area contributed by atoms with Crippen molar-refractivity contribution in [2.24, 2.45) is 0 Å². The lowest BCUT2D eigenvalue weighted by molar-refractivity contribution is 0.0953. The van der Waals surface area contributed by atoms with E-state index < -0.39 is 0 Å². The topological polar surface area (TPSA) is 73.5 Å². The highest BCUT2D eigenvalue weighted by Gasteiger charge is 2.22. The van der Waals surface area contributed by atoms with E-state index in [1.54, 1.807) is 23.1 Å². The highest BCUT2D eigenvalue weighted by molar-refractivity contribution is 6.34. The smallest absolute Gasteiger partial charge is 0.321 e. The van der Waals surface area contributed by atoms with E-state index in [0.29, 0.717) is 35.9 Å². The third-order valence-electron chi connectivity index (χ3n) is 3.25. The minimum Gasteiger partial charge on any atom is -0.352 e. The molecule has 1 saturated heterocycles. The summed E-state index contributed by atoms with van der Waals surface area (Å²) in [4.78, 5) is 25.4. The van der Waals surface area contributed by atoms with E-state index in [2.05, 4.69) is 16.0 Å². The van der Waals surface area contributed by atoms with E-state index in [1.165, 1.54) is 0 Å². The lowest BCUT2D eigenvalue weighted by Gasteiger charge is -2.16. The number of halogens is 2. The van der Waals surface area contributed by atoms with Gasteiger partial charge in [0.2, 0.25) is 0 Å². The second-order valence-electron chi connectivity index (χ2n) is 4.76. The van der Waals surface area contributed by atoms with Crippen molar-refractivity contribution in [3.05, 3.63) is 28.8 Å². The molecule has 3 N–H and O–H groups in total. The van der Waals surface area contributed by atoms with Gasteiger partial charge in [0.15, 0.2) is 0 Å². The molecule has 2 rings (SSSR count). The average Bonchev–Trinajstić information content (AvgIpc) is 2.90. The average molecular weight is 347 g/mol. The quantitative estimate of drug-likeness (QED) is 0.685. The molecule has 1 fully saturated rings. The largest absolute Gasteiger partial charge is 0.352 e. The zero-order chi connectivity index (χ0) is 15.2. The Labute approximate surface area is 141 Å². The molecule has 1 aromatic carbocycles. The summed E-state index contributed by atoms with van der Waals surface area (Å²) in [6.45, 7) is 2.60. The first-order chi connectivity index (χ1) is 10.1. The summed E-state index contributed by atoms with van der Waals surface area (Å²) in [5, 5.41) is 8.94. The van der Waals surface area contributed by atoms with Gasteiger partial charge in [0.25, 0.3) is 5.91 Å². The number of nitrogens with one attached hydrogen (secondary N) is 3. The molecule has 8 heteroatoms. The van der Waals surface area contributed by atoms with E-state index in [9.17, 15) is 9.59 Å². The van der Waals surface area contributed by atoms with Gasteiger partial charge in [-0.15, -0.1) is 12.4 Å². The molecule has 1 aliphatic heterocycles. The lowest BCUT2D eigenvalue weighted by atomic mass is 10.1. The van der Waals surface area contributed by atoms with Crippen LogP contribution in [0.25, 0.3) is 0 Å². The summed E-state index contributed by atoms with van der Waals surface area (Å²) >= 11 is 6.08. The van der Waals surface area contributed by atoms with Crippen LogP contribution in [0.2, 0.25) is 5.02 Å². The third-order valence-corrected chi connectivity index (χ3v) is 3.58. The first-order valence-electron chi connectivity index (χ1n) is 6.91. The molecule has 0 aromatic heterocycles. The van der Waals surface area contributed by atoms with Crippen molar-refractivity contribution in [3.63, 3.8) is 0 Å². The number of hydrogen-bond donors (Lipinski definition) is 3. The van der Waals surface area contributed by atoms with Crippen LogP contribution in [0.1, 0.15) is 16.8 Å². The number of urea groups is 1. The molecule has 0 bridgehead atoms. The molecule has 0 unspecified atom stereocenters. The van der Waals surface area contributed by atoms with Gasteiger partial charge in [-0.2, -0.15) is 0 Å². The fourth-order valence-corrected chi connectivity index (χ4v) is 2.34. The molecule has 1 heterocycles. The standard InChI is InChI=1S/C14H19ClN4O2.ClH/c1-16-5-2-6-17-13(20)11-9-10(3-4-12(11)15)19-8-7-18-14(19)21;/h3-4,9,16H,2,5-8H2,1H3,(H,17,20)(H,18,21);1H. The van der Waals surface area contributed by atoms with Crippen LogP contribution in [0.5, 0.6) is 0 Å². The molecule has 1 aliphatic rings. The van der Waals surface area contributed by atoms with Crippen molar-refractivity contribution in [1.82, 2.24) is 16.0 Å². The van der Waals surface area contributed by atoms with E-state index in [1.807, 2.05) is 7.05 Å². The molecule has 6 nitrogen and oxygen atoms in total. The fourth-order valence-electron chi connectivity index (χ4n) is 2.14. The minimum absolute atomic E-state index is 0.